The Hall–Kier alpha value is -2.62. The van der Waals surface area contributed by atoms with Crippen LogP contribution in [0.2, 0.25) is 0 Å². The van der Waals surface area contributed by atoms with E-state index < -0.39 is 11.9 Å². The molecule has 0 spiro atoms. The largest absolute Gasteiger partial charge is 0.481 e. The maximum atomic E-state index is 12.8. The Kier molecular flexibility index (Phi) is 5.64. The normalized spacial score (nSPS) is 19.9. The van der Waals surface area contributed by atoms with Gasteiger partial charge in [-0.1, -0.05) is 74.5 Å². The first kappa shape index (κ1) is 19.2. The van der Waals surface area contributed by atoms with Crippen LogP contribution in [0.15, 0.2) is 60.7 Å². The van der Waals surface area contributed by atoms with Crippen LogP contribution in [0.4, 0.5) is 0 Å². The SMILES string of the molecule is CC(C)(CCC(=O)N1CC(C(=O)O)C(c2ccccc2)C1)c1ccccc1. The van der Waals surface area contributed by atoms with E-state index in [0.29, 0.717) is 19.5 Å². The Labute approximate surface area is 160 Å². The number of aliphatic carboxylic acids is 1. The van der Waals surface area contributed by atoms with Crippen molar-refractivity contribution >= 4 is 11.9 Å². The van der Waals surface area contributed by atoms with E-state index in [4.69, 9.17) is 0 Å². The summed E-state index contributed by atoms with van der Waals surface area (Å²) in [6.07, 6.45) is 1.16. The molecule has 2 atom stereocenters. The van der Waals surface area contributed by atoms with Crippen molar-refractivity contribution in [2.45, 2.75) is 38.0 Å². The van der Waals surface area contributed by atoms with E-state index in [1.165, 1.54) is 5.56 Å². The molecule has 3 rings (SSSR count). The summed E-state index contributed by atoms with van der Waals surface area (Å²) in [6.45, 7) is 5.06. The van der Waals surface area contributed by atoms with Gasteiger partial charge in [0.2, 0.25) is 5.91 Å². The van der Waals surface area contributed by atoms with Crippen LogP contribution in [0.3, 0.4) is 0 Å². The Balaban J connectivity index is 1.66. The number of carbonyl (C=O) groups excluding carboxylic acids is 1. The van der Waals surface area contributed by atoms with E-state index in [1.54, 1.807) is 4.90 Å². The van der Waals surface area contributed by atoms with Crippen molar-refractivity contribution in [2.24, 2.45) is 5.92 Å². The van der Waals surface area contributed by atoms with Crippen LogP contribution in [0.5, 0.6) is 0 Å². The van der Waals surface area contributed by atoms with Gasteiger partial charge in [-0.3, -0.25) is 9.59 Å². The Morgan fingerprint density at radius 3 is 2.19 bits per heavy atom. The standard InChI is InChI=1S/C23H27NO3/c1-23(2,18-11-7-4-8-12-18)14-13-21(25)24-15-19(20(16-24)22(26)27)17-9-5-3-6-10-17/h3-12,19-20H,13-16H2,1-2H3,(H,26,27). The Morgan fingerprint density at radius 2 is 1.59 bits per heavy atom. The van der Waals surface area contributed by atoms with E-state index in [1.807, 2.05) is 48.5 Å². The zero-order valence-corrected chi connectivity index (χ0v) is 16.0. The number of nitrogens with zero attached hydrogens (tertiary/aromatic N) is 1. The summed E-state index contributed by atoms with van der Waals surface area (Å²) in [4.78, 5) is 26.3. The number of carboxylic acid groups (broad SMARTS) is 1. The minimum absolute atomic E-state index is 0.0451. The first-order valence-electron chi connectivity index (χ1n) is 9.49. The molecule has 1 heterocycles. The van der Waals surface area contributed by atoms with Crippen LogP contribution in [-0.2, 0) is 15.0 Å². The molecule has 0 bridgehead atoms. The second kappa shape index (κ2) is 7.95. The molecule has 142 valence electrons. The van der Waals surface area contributed by atoms with Crippen molar-refractivity contribution in [3.05, 3.63) is 71.8 Å². The van der Waals surface area contributed by atoms with Gasteiger partial charge in [0.25, 0.3) is 0 Å². The number of carbonyl (C=O) groups is 2. The monoisotopic (exact) mass is 365 g/mol. The summed E-state index contributed by atoms with van der Waals surface area (Å²) in [7, 11) is 0. The van der Waals surface area contributed by atoms with Crippen molar-refractivity contribution in [3.8, 4) is 0 Å². The molecule has 1 aliphatic heterocycles. The fraction of sp³-hybridized carbons (Fsp3) is 0.391. The van der Waals surface area contributed by atoms with E-state index in [9.17, 15) is 14.7 Å². The predicted molar refractivity (Wildman–Crippen MR) is 106 cm³/mol. The minimum Gasteiger partial charge on any atom is -0.481 e. The second-order valence-electron chi connectivity index (χ2n) is 8.01. The second-order valence-corrected chi connectivity index (χ2v) is 8.01. The molecule has 1 fully saturated rings. The third-order valence-corrected chi connectivity index (χ3v) is 5.74. The van der Waals surface area contributed by atoms with Crippen molar-refractivity contribution < 1.29 is 14.7 Å². The molecule has 2 aromatic carbocycles. The molecule has 4 nitrogen and oxygen atoms in total. The van der Waals surface area contributed by atoms with Crippen molar-refractivity contribution in [1.82, 2.24) is 4.90 Å². The lowest BCUT2D eigenvalue weighted by atomic mass is 9.80. The van der Waals surface area contributed by atoms with Gasteiger partial charge in [-0.25, -0.2) is 0 Å². The molecule has 2 unspecified atom stereocenters. The highest BCUT2D eigenvalue weighted by molar-refractivity contribution is 5.79. The predicted octanol–water partition coefficient (Wildman–Crippen LogP) is 4.07. The molecular formula is C23H27NO3. The molecule has 1 N–H and O–H groups in total. The van der Waals surface area contributed by atoms with E-state index in [-0.39, 0.29) is 17.2 Å². The molecule has 2 aromatic rings. The number of hydrogen-bond donors (Lipinski definition) is 1. The van der Waals surface area contributed by atoms with Gasteiger partial charge in [-0.2, -0.15) is 0 Å². The Morgan fingerprint density at radius 1 is 1.00 bits per heavy atom. The lowest BCUT2D eigenvalue weighted by Gasteiger charge is -2.26. The third-order valence-electron chi connectivity index (χ3n) is 5.74. The summed E-state index contributed by atoms with van der Waals surface area (Å²) < 4.78 is 0. The topological polar surface area (TPSA) is 57.6 Å². The number of benzene rings is 2. The fourth-order valence-corrected chi connectivity index (χ4v) is 3.91. The van der Waals surface area contributed by atoms with Gasteiger partial charge in [0.05, 0.1) is 5.92 Å². The van der Waals surface area contributed by atoms with E-state index >= 15 is 0 Å². The highest BCUT2D eigenvalue weighted by atomic mass is 16.4. The maximum absolute atomic E-state index is 12.8. The van der Waals surface area contributed by atoms with Crippen molar-refractivity contribution in [1.29, 1.82) is 0 Å². The third kappa shape index (κ3) is 4.38. The molecule has 1 aliphatic rings. The quantitative estimate of drug-likeness (QED) is 0.839. The van der Waals surface area contributed by atoms with Crippen LogP contribution in [0.1, 0.15) is 43.7 Å². The number of hydrogen-bond acceptors (Lipinski definition) is 2. The van der Waals surface area contributed by atoms with Crippen molar-refractivity contribution in [2.75, 3.05) is 13.1 Å². The first-order valence-corrected chi connectivity index (χ1v) is 9.49. The fourth-order valence-electron chi connectivity index (χ4n) is 3.91. The number of carboxylic acids is 1. The molecule has 1 saturated heterocycles. The minimum atomic E-state index is -0.830. The van der Waals surface area contributed by atoms with Gasteiger partial charge in [-0.15, -0.1) is 0 Å². The van der Waals surface area contributed by atoms with Gasteiger partial charge in [0, 0.05) is 25.4 Å². The van der Waals surface area contributed by atoms with Crippen LogP contribution in [0.25, 0.3) is 0 Å². The van der Waals surface area contributed by atoms with Crippen LogP contribution in [0, 0.1) is 5.92 Å². The Bertz CT molecular complexity index is 786. The summed E-state index contributed by atoms with van der Waals surface area (Å²) in [6, 6.07) is 19.9. The van der Waals surface area contributed by atoms with E-state index in [0.717, 1.165) is 12.0 Å². The number of amides is 1. The summed E-state index contributed by atoms with van der Waals surface area (Å²) in [5.41, 5.74) is 2.11. The van der Waals surface area contributed by atoms with Crippen molar-refractivity contribution in [3.63, 3.8) is 0 Å². The summed E-state index contributed by atoms with van der Waals surface area (Å²) in [5.74, 6) is -1.47. The summed E-state index contributed by atoms with van der Waals surface area (Å²) in [5, 5.41) is 9.61. The highest BCUT2D eigenvalue weighted by Crippen LogP contribution is 2.34. The highest BCUT2D eigenvalue weighted by Gasteiger charge is 2.40. The zero-order valence-electron chi connectivity index (χ0n) is 16.0. The van der Waals surface area contributed by atoms with Crippen LogP contribution < -0.4 is 0 Å². The molecule has 0 saturated carbocycles. The number of likely N-dealkylation sites (tertiary alicyclic amines) is 1. The van der Waals surface area contributed by atoms with Gasteiger partial charge < -0.3 is 10.0 Å². The molecule has 1 amide bonds. The average Bonchev–Trinajstić information content (AvgIpc) is 3.13. The van der Waals surface area contributed by atoms with Gasteiger partial charge in [0.1, 0.15) is 0 Å². The first-order chi connectivity index (χ1) is 12.9. The summed E-state index contributed by atoms with van der Waals surface area (Å²) >= 11 is 0. The molecule has 0 aliphatic carbocycles. The van der Waals surface area contributed by atoms with E-state index in [2.05, 4.69) is 26.0 Å². The van der Waals surface area contributed by atoms with Gasteiger partial charge in [-0.05, 0) is 23.0 Å². The molecular weight excluding hydrogens is 338 g/mol. The lowest BCUT2D eigenvalue weighted by molar-refractivity contribution is -0.141. The molecule has 0 radical (unpaired) electrons. The molecule has 27 heavy (non-hydrogen) atoms. The molecule has 4 heteroatoms. The lowest BCUT2D eigenvalue weighted by Crippen LogP contribution is -2.31. The van der Waals surface area contributed by atoms with Gasteiger partial charge >= 0.3 is 5.97 Å². The smallest absolute Gasteiger partial charge is 0.308 e. The van der Waals surface area contributed by atoms with Crippen LogP contribution >= 0.6 is 0 Å². The van der Waals surface area contributed by atoms with Crippen LogP contribution in [-0.4, -0.2) is 35.0 Å². The maximum Gasteiger partial charge on any atom is 0.308 e. The zero-order chi connectivity index (χ0) is 19.4. The molecule has 0 aromatic heterocycles. The number of rotatable bonds is 6. The average molecular weight is 365 g/mol. The van der Waals surface area contributed by atoms with Gasteiger partial charge in [0.15, 0.2) is 0 Å².